The van der Waals surface area contributed by atoms with E-state index in [0.717, 1.165) is 46.0 Å². The number of carbonyl (C=O) groups excluding carboxylic acids is 3. The zero-order valence-corrected chi connectivity index (χ0v) is 23.1. The van der Waals surface area contributed by atoms with Crippen molar-refractivity contribution in [3.8, 4) is 0 Å². The van der Waals surface area contributed by atoms with Gasteiger partial charge in [-0.25, -0.2) is 0 Å². The van der Waals surface area contributed by atoms with Gasteiger partial charge < -0.3 is 25.8 Å². The number of aromatic amines is 1. The Morgan fingerprint density at radius 1 is 1.03 bits per heavy atom. The number of aryl methyl sites for hydroxylation is 1. The van der Waals surface area contributed by atoms with Gasteiger partial charge in [-0.1, -0.05) is 23.2 Å². The molecule has 38 heavy (non-hydrogen) atoms. The van der Waals surface area contributed by atoms with Crippen LogP contribution >= 0.6 is 23.2 Å². The fourth-order valence-corrected chi connectivity index (χ4v) is 4.75. The standard InChI is InChI=1S/C20H23ClN4O2.C8H6ClNO/c1-11-17(23-12(2)18(11)20(27)22-7-8-25(3)4)10-15-14-9-13(21)5-6-16(14)24-19(15)26;9-6-1-2-7-5(3-6)4-8(11)10-7/h5-6,9-10,23H,7-8H2,1-4H3,(H,22,27)(H,24,26);1-3H,4H2,(H,10,11). The van der Waals surface area contributed by atoms with Gasteiger partial charge in [0.25, 0.3) is 11.8 Å². The van der Waals surface area contributed by atoms with Gasteiger partial charge in [0.05, 0.1) is 17.6 Å². The van der Waals surface area contributed by atoms with Gasteiger partial charge in [-0.3, -0.25) is 14.4 Å². The molecule has 2 aliphatic rings. The van der Waals surface area contributed by atoms with Crippen LogP contribution in [0.15, 0.2) is 36.4 Å². The summed E-state index contributed by atoms with van der Waals surface area (Å²) in [6.07, 6.45) is 2.23. The summed E-state index contributed by atoms with van der Waals surface area (Å²) in [5, 5.41) is 9.74. The van der Waals surface area contributed by atoms with E-state index in [2.05, 4.69) is 20.9 Å². The Kier molecular flexibility index (Phi) is 8.26. The second-order valence-corrected chi connectivity index (χ2v) is 10.3. The quantitative estimate of drug-likeness (QED) is 0.337. The van der Waals surface area contributed by atoms with Crippen molar-refractivity contribution in [2.75, 3.05) is 37.8 Å². The number of H-pyrrole nitrogens is 1. The van der Waals surface area contributed by atoms with E-state index in [9.17, 15) is 14.4 Å². The first kappa shape index (κ1) is 27.4. The molecule has 0 saturated carbocycles. The largest absolute Gasteiger partial charge is 0.358 e. The molecular formula is C28H29Cl2N5O3. The molecule has 3 heterocycles. The second-order valence-electron chi connectivity index (χ2n) is 9.45. The number of aromatic nitrogens is 1. The Bertz CT molecular complexity index is 1460. The van der Waals surface area contributed by atoms with Gasteiger partial charge in [0, 0.05) is 51.5 Å². The van der Waals surface area contributed by atoms with E-state index in [4.69, 9.17) is 23.2 Å². The molecule has 2 aliphatic heterocycles. The minimum absolute atomic E-state index is 0.0438. The van der Waals surface area contributed by atoms with Crippen molar-refractivity contribution in [3.63, 3.8) is 0 Å². The molecule has 0 spiro atoms. The fraction of sp³-hybridized carbons (Fsp3) is 0.250. The zero-order valence-electron chi connectivity index (χ0n) is 21.6. The van der Waals surface area contributed by atoms with Crippen molar-refractivity contribution >= 4 is 63.9 Å². The van der Waals surface area contributed by atoms with Crippen molar-refractivity contribution in [1.29, 1.82) is 0 Å². The zero-order chi connectivity index (χ0) is 27.6. The third-order valence-corrected chi connectivity index (χ3v) is 6.76. The summed E-state index contributed by atoms with van der Waals surface area (Å²) >= 11 is 11.8. The van der Waals surface area contributed by atoms with Crippen molar-refractivity contribution in [2.24, 2.45) is 0 Å². The van der Waals surface area contributed by atoms with Crippen LogP contribution in [0.25, 0.3) is 11.6 Å². The molecule has 0 saturated heterocycles. The number of fused-ring (bicyclic) bond motifs is 2. The monoisotopic (exact) mass is 553 g/mol. The van der Waals surface area contributed by atoms with E-state index in [0.29, 0.717) is 34.1 Å². The first-order valence-electron chi connectivity index (χ1n) is 12.1. The number of amides is 3. The van der Waals surface area contributed by atoms with Gasteiger partial charge >= 0.3 is 0 Å². The molecule has 2 aromatic carbocycles. The number of nitrogens with zero attached hydrogens (tertiary/aromatic N) is 1. The Morgan fingerprint density at radius 3 is 2.42 bits per heavy atom. The third-order valence-electron chi connectivity index (χ3n) is 6.29. The Hall–Kier alpha value is -3.59. The number of anilines is 2. The summed E-state index contributed by atoms with van der Waals surface area (Å²) in [4.78, 5) is 41.0. The number of likely N-dealkylation sites (N-methyl/N-ethyl adjacent to an activating group) is 1. The third kappa shape index (κ3) is 6.10. The molecule has 10 heteroatoms. The van der Waals surface area contributed by atoms with Gasteiger partial charge in [-0.15, -0.1) is 0 Å². The topological polar surface area (TPSA) is 106 Å². The van der Waals surface area contributed by atoms with Crippen LogP contribution in [-0.4, -0.2) is 54.8 Å². The van der Waals surface area contributed by atoms with Crippen LogP contribution in [0.3, 0.4) is 0 Å². The molecule has 0 atom stereocenters. The number of nitrogens with one attached hydrogen (secondary N) is 4. The minimum atomic E-state index is -0.184. The molecular weight excluding hydrogens is 525 g/mol. The van der Waals surface area contributed by atoms with E-state index >= 15 is 0 Å². The second kappa shape index (κ2) is 11.4. The summed E-state index contributed by atoms with van der Waals surface area (Å²) in [5.41, 5.74) is 6.83. The molecule has 0 unspecified atom stereocenters. The van der Waals surface area contributed by atoms with Crippen LogP contribution in [0.2, 0.25) is 10.0 Å². The molecule has 0 fully saturated rings. The highest BCUT2D eigenvalue weighted by Gasteiger charge is 2.26. The van der Waals surface area contributed by atoms with Crippen LogP contribution in [0.5, 0.6) is 0 Å². The highest BCUT2D eigenvalue weighted by Crippen LogP contribution is 2.35. The Labute approximate surface area is 231 Å². The van der Waals surface area contributed by atoms with E-state index in [1.165, 1.54) is 0 Å². The highest BCUT2D eigenvalue weighted by molar-refractivity contribution is 6.36. The van der Waals surface area contributed by atoms with Crippen molar-refractivity contribution in [2.45, 2.75) is 20.3 Å². The lowest BCUT2D eigenvalue weighted by atomic mass is 10.0. The molecule has 5 rings (SSSR count). The van der Waals surface area contributed by atoms with Gasteiger partial charge in [-0.2, -0.15) is 0 Å². The number of halogens is 2. The maximum Gasteiger partial charge on any atom is 0.256 e. The van der Waals surface area contributed by atoms with Gasteiger partial charge in [0.2, 0.25) is 5.91 Å². The molecule has 3 amide bonds. The van der Waals surface area contributed by atoms with Crippen LogP contribution in [0, 0.1) is 13.8 Å². The fourth-order valence-electron chi connectivity index (χ4n) is 4.39. The lowest BCUT2D eigenvalue weighted by Crippen LogP contribution is -2.31. The molecule has 3 aromatic rings. The maximum atomic E-state index is 12.6. The highest BCUT2D eigenvalue weighted by atomic mass is 35.5. The van der Waals surface area contributed by atoms with E-state index < -0.39 is 0 Å². The molecule has 0 aliphatic carbocycles. The summed E-state index contributed by atoms with van der Waals surface area (Å²) in [6, 6.07) is 10.7. The SMILES string of the molecule is Cc1[nH]c(C=C2C(=O)Nc3ccc(Cl)cc32)c(C)c1C(=O)NCCN(C)C.O=C1Cc2cc(Cl)ccc2N1. The number of benzene rings is 2. The van der Waals surface area contributed by atoms with Gasteiger partial charge in [0.1, 0.15) is 0 Å². The molecule has 1 aromatic heterocycles. The van der Waals surface area contributed by atoms with E-state index in [1.807, 2.05) is 45.0 Å². The number of hydrogen-bond acceptors (Lipinski definition) is 4. The summed E-state index contributed by atoms with van der Waals surface area (Å²) in [6.45, 7) is 5.07. The smallest absolute Gasteiger partial charge is 0.256 e. The Balaban J connectivity index is 0.000000253. The van der Waals surface area contributed by atoms with Gasteiger partial charge in [-0.05, 0) is 81.5 Å². The number of rotatable bonds is 5. The summed E-state index contributed by atoms with van der Waals surface area (Å²) in [5.74, 6) is -0.259. The minimum Gasteiger partial charge on any atom is -0.358 e. The first-order chi connectivity index (χ1) is 18.0. The van der Waals surface area contributed by atoms with Crippen molar-refractivity contribution < 1.29 is 14.4 Å². The number of hydrogen-bond donors (Lipinski definition) is 4. The lowest BCUT2D eigenvalue weighted by molar-refractivity contribution is -0.115. The van der Waals surface area contributed by atoms with Crippen LogP contribution in [-0.2, 0) is 16.0 Å². The molecule has 198 valence electrons. The molecule has 8 nitrogen and oxygen atoms in total. The molecule has 0 bridgehead atoms. The molecule has 0 radical (unpaired) electrons. The normalized spacial score (nSPS) is 14.6. The van der Waals surface area contributed by atoms with Crippen LogP contribution in [0.4, 0.5) is 11.4 Å². The average Bonchev–Trinajstić information content (AvgIpc) is 3.45. The molecule has 4 N–H and O–H groups in total. The predicted octanol–water partition coefficient (Wildman–Crippen LogP) is 4.90. The summed E-state index contributed by atoms with van der Waals surface area (Å²) < 4.78 is 0. The van der Waals surface area contributed by atoms with Gasteiger partial charge in [0.15, 0.2) is 0 Å². The predicted molar refractivity (Wildman–Crippen MR) is 153 cm³/mol. The Morgan fingerprint density at radius 2 is 1.71 bits per heavy atom. The first-order valence-corrected chi connectivity index (χ1v) is 12.8. The van der Waals surface area contributed by atoms with Crippen molar-refractivity contribution in [3.05, 3.63) is 80.1 Å². The maximum absolute atomic E-state index is 12.6. The van der Waals surface area contributed by atoms with Crippen molar-refractivity contribution in [1.82, 2.24) is 15.2 Å². The average molecular weight is 554 g/mol. The van der Waals surface area contributed by atoms with E-state index in [1.54, 1.807) is 30.3 Å². The lowest BCUT2D eigenvalue weighted by Gasteiger charge is -2.10. The van der Waals surface area contributed by atoms with Crippen LogP contribution in [0.1, 0.15) is 38.4 Å². The van der Waals surface area contributed by atoms with E-state index in [-0.39, 0.29) is 17.7 Å². The number of carbonyl (C=O) groups is 3. The summed E-state index contributed by atoms with van der Waals surface area (Å²) in [7, 11) is 3.92. The van der Waals surface area contributed by atoms with Crippen LogP contribution < -0.4 is 16.0 Å².